The summed E-state index contributed by atoms with van der Waals surface area (Å²) in [5.41, 5.74) is -0.522. The summed E-state index contributed by atoms with van der Waals surface area (Å²) in [5.74, 6) is -3.55. The lowest BCUT2D eigenvalue weighted by Crippen LogP contribution is -1.93. The summed E-state index contributed by atoms with van der Waals surface area (Å²) in [6.07, 6.45) is 1.37. The van der Waals surface area contributed by atoms with Crippen molar-refractivity contribution in [2.24, 2.45) is 0 Å². The fraction of sp³-hybridized carbons (Fsp3) is 0. The van der Waals surface area contributed by atoms with Crippen LogP contribution in [0.3, 0.4) is 0 Å². The third kappa shape index (κ3) is 1.58. The summed E-state index contributed by atoms with van der Waals surface area (Å²) in [7, 11) is 0. The molecule has 0 radical (unpaired) electrons. The topological polar surface area (TPSA) is 43.1 Å². The normalized spacial score (nSPS) is 10.4. The average molecular weight is 227 g/mol. The van der Waals surface area contributed by atoms with Gasteiger partial charge in [-0.2, -0.15) is 0 Å². The largest absolute Gasteiger partial charge is 0.363 e. The van der Waals surface area contributed by atoms with Crippen LogP contribution in [0.1, 0.15) is 10.4 Å². The number of carbonyl (C=O) groups is 1. The summed E-state index contributed by atoms with van der Waals surface area (Å²) < 4.78 is 43.3. The second-order valence-corrected chi connectivity index (χ2v) is 2.98. The number of aldehydes is 1. The number of carbonyl (C=O) groups excluding carboxylic acids is 1. The molecule has 0 aliphatic carbocycles. The van der Waals surface area contributed by atoms with E-state index in [9.17, 15) is 18.0 Å². The predicted molar refractivity (Wildman–Crippen MR) is 47.2 cm³/mol. The maximum atomic E-state index is 13.3. The van der Waals surface area contributed by atoms with Crippen LogP contribution >= 0.6 is 0 Å². The zero-order valence-electron chi connectivity index (χ0n) is 7.71. The molecule has 0 amide bonds. The first-order valence-electron chi connectivity index (χ1n) is 4.18. The van der Waals surface area contributed by atoms with Gasteiger partial charge < -0.3 is 4.52 Å². The van der Waals surface area contributed by atoms with Crippen LogP contribution in [-0.2, 0) is 0 Å². The van der Waals surface area contributed by atoms with Gasteiger partial charge in [0.1, 0.15) is 17.8 Å². The van der Waals surface area contributed by atoms with Crippen LogP contribution in [0.15, 0.2) is 22.9 Å². The van der Waals surface area contributed by atoms with E-state index in [1.165, 1.54) is 0 Å². The lowest BCUT2D eigenvalue weighted by Gasteiger charge is -2.00. The van der Waals surface area contributed by atoms with Crippen molar-refractivity contribution in [3.05, 3.63) is 41.4 Å². The second kappa shape index (κ2) is 3.80. The lowest BCUT2D eigenvalue weighted by molar-refractivity contribution is 0.112. The standard InChI is InChI=1S/C10H4F3NO2/c11-7-2-9(13)8(12)1-6(7)10-5(3-15)4-16-14-10/h1-4H. The van der Waals surface area contributed by atoms with Gasteiger partial charge in [-0.05, 0) is 6.07 Å². The van der Waals surface area contributed by atoms with E-state index in [1.54, 1.807) is 0 Å². The molecule has 1 aromatic carbocycles. The van der Waals surface area contributed by atoms with Gasteiger partial charge in [-0.1, -0.05) is 5.16 Å². The Labute approximate surface area is 87.5 Å². The molecule has 0 N–H and O–H groups in total. The van der Waals surface area contributed by atoms with Crippen LogP contribution in [0.2, 0.25) is 0 Å². The van der Waals surface area contributed by atoms with E-state index in [0.717, 1.165) is 6.26 Å². The van der Waals surface area contributed by atoms with Crippen LogP contribution < -0.4 is 0 Å². The monoisotopic (exact) mass is 227 g/mol. The molecule has 2 aromatic rings. The number of hydrogen-bond donors (Lipinski definition) is 0. The maximum absolute atomic E-state index is 13.3. The highest BCUT2D eigenvalue weighted by Crippen LogP contribution is 2.26. The Morgan fingerprint density at radius 1 is 1.12 bits per heavy atom. The summed E-state index contributed by atoms with van der Waals surface area (Å²) in [6.45, 7) is 0. The molecule has 3 nitrogen and oxygen atoms in total. The average Bonchev–Trinajstić information content (AvgIpc) is 2.71. The van der Waals surface area contributed by atoms with Crippen LogP contribution in [0.4, 0.5) is 13.2 Å². The van der Waals surface area contributed by atoms with Gasteiger partial charge in [0.25, 0.3) is 0 Å². The molecular weight excluding hydrogens is 223 g/mol. The second-order valence-electron chi connectivity index (χ2n) is 2.98. The highest BCUT2D eigenvalue weighted by atomic mass is 19.2. The molecule has 0 spiro atoms. The molecule has 0 fully saturated rings. The van der Waals surface area contributed by atoms with Crippen molar-refractivity contribution in [2.75, 3.05) is 0 Å². The zero-order chi connectivity index (χ0) is 11.7. The lowest BCUT2D eigenvalue weighted by atomic mass is 10.1. The van der Waals surface area contributed by atoms with E-state index in [0.29, 0.717) is 18.4 Å². The molecule has 16 heavy (non-hydrogen) atoms. The summed E-state index contributed by atoms with van der Waals surface area (Å²) in [6, 6.07) is 1.00. The van der Waals surface area contributed by atoms with Gasteiger partial charge in [0.05, 0.1) is 5.56 Å². The van der Waals surface area contributed by atoms with Gasteiger partial charge in [0.2, 0.25) is 0 Å². The quantitative estimate of drug-likeness (QED) is 0.585. The molecule has 6 heteroatoms. The van der Waals surface area contributed by atoms with E-state index in [1.807, 2.05) is 0 Å². The molecule has 0 aliphatic heterocycles. The number of benzene rings is 1. The molecule has 0 aliphatic rings. The fourth-order valence-corrected chi connectivity index (χ4v) is 1.24. The summed E-state index contributed by atoms with van der Waals surface area (Å²) in [5, 5.41) is 3.35. The third-order valence-electron chi connectivity index (χ3n) is 1.99. The minimum Gasteiger partial charge on any atom is -0.363 e. The van der Waals surface area contributed by atoms with E-state index < -0.39 is 17.5 Å². The smallest absolute Gasteiger partial charge is 0.161 e. The van der Waals surface area contributed by atoms with Crippen molar-refractivity contribution in [3.8, 4) is 11.3 Å². The number of rotatable bonds is 2. The Bertz CT molecular complexity index is 551. The first-order chi connectivity index (χ1) is 7.63. The number of aromatic nitrogens is 1. The SMILES string of the molecule is O=Cc1conc1-c1cc(F)c(F)cc1F. The Balaban J connectivity index is 2.64. The molecule has 82 valence electrons. The Morgan fingerprint density at radius 3 is 2.50 bits per heavy atom. The Hall–Kier alpha value is -2.11. The molecular formula is C10H4F3NO2. The van der Waals surface area contributed by atoms with Crippen molar-refractivity contribution in [1.29, 1.82) is 0 Å². The number of nitrogens with zero attached hydrogens (tertiary/aromatic N) is 1. The van der Waals surface area contributed by atoms with E-state index >= 15 is 0 Å². The van der Waals surface area contributed by atoms with Crippen molar-refractivity contribution in [2.45, 2.75) is 0 Å². The molecule has 2 rings (SSSR count). The van der Waals surface area contributed by atoms with Gasteiger partial charge in [0.15, 0.2) is 17.9 Å². The molecule has 0 atom stereocenters. The minimum atomic E-state index is -1.31. The summed E-state index contributed by atoms with van der Waals surface area (Å²) in [4.78, 5) is 10.5. The predicted octanol–water partition coefficient (Wildman–Crippen LogP) is 2.57. The van der Waals surface area contributed by atoms with Crippen molar-refractivity contribution < 1.29 is 22.5 Å². The minimum absolute atomic E-state index is 0.0371. The van der Waals surface area contributed by atoms with Gasteiger partial charge in [-0.3, -0.25) is 4.79 Å². The molecule has 0 saturated carbocycles. The molecule has 0 bridgehead atoms. The third-order valence-corrected chi connectivity index (χ3v) is 1.99. The van der Waals surface area contributed by atoms with Crippen LogP contribution in [0.25, 0.3) is 11.3 Å². The Morgan fingerprint density at radius 2 is 1.81 bits per heavy atom. The molecule has 1 aromatic heterocycles. The van der Waals surface area contributed by atoms with Gasteiger partial charge in [-0.25, -0.2) is 13.2 Å². The fourth-order valence-electron chi connectivity index (χ4n) is 1.24. The van der Waals surface area contributed by atoms with Gasteiger partial charge >= 0.3 is 0 Å². The van der Waals surface area contributed by atoms with E-state index in [-0.39, 0.29) is 16.8 Å². The molecule has 1 heterocycles. The first-order valence-corrected chi connectivity index (χ1v) is 4.18. The Kier molecular flexibility index (Phi) is 2.47. The molecule has 0 saturated heterocycles. The van der Waals surface area contributed by atoms with Gasteiger partial charge in [-0.15, -0.1) is 0 Å². The highest BCUT2D eigenvalue weighted by molar-refractivity contribution is 5.85. The maximum Gasteiger partial charge on any atom is 0.161 e. The van der Waals surface area contributed by atoms with Crippen LogP contribution in [0, 0.1) is 17.5 Å². The zero-order valence-corrected chi connectivity index (χ0v) is 7.71. The van der Waals surface area contributed by atoms with Crippen molar-refractivity contribution in [3.63, 3.8) is 0 Å². The van der Waals surface area contributed by atoms with Crippen LogP contribution in [-0.4, -0.2) is 11.4 Å². The highest BCUT2D eigenvalue weighted by Gasteiger charge is 2.17. The number of halogens is 3. The van der Waals surface area contributed by atoms with E-state index in [2.05, 4.69) is 9.68 Å². The van der Waals surface area contributed by atoms with Crippen LogP contribution in [0.5, 0.6) is 0 Å². The first kappa shape index (κ1) is 10.4. The number of hydrogen-bond acceptors (Lipinski definition) is 3. The van der Waals surface area contributed by atoms with Crippen molar-refractivity contribution >= 4 is 6.29 Å². The van der Waals surface area contributed by atoms with Gasteiger partial charge in [0, 0.05) is 11.6 Å². The van der Waals surface area contributed by atoms with Crippen molar-refractivity contribution in [1.82, 2.24) is 5.16 Å². The van der Waals surface area contributed by atoms with E-state index in [4.69, 9.17) is 0 Å². The molecule has 0 unspecified atom stereocenters. The summed E-state index contributed by atoms with van der Waals surface area (Å²) >= 11 is 0.